The van der Waals surface area contributed by atoms with E-state index in [1.54, 1.807) is 17.5 Å². The number of nitrogens with zero attached hydrogens (tertiary/aromatic N) is 3. The minimum Gasteiger partial charge on any atom is -0.346 e. The Labute approximate surface area is 128 Å². The first-order valence-corrected chi connectivity index (χ1v) is 9.89. The van der Waals surface area contributed by atoms with Gasteiger partial charge in [0.1, 0.15) is 0 Å². The molecule has 2 aliphatic rings. The van der Waals surface area contributed by atoms with Gasteiger partial charge < -0.3 is 9.80 Å². The minimum absolute atomic E-state index is 0.0112. The molecule has 1 amide bonds. The van der Waals surface area contributed by atoms with Crippen LogP contribution in [-0.4, -0.2) is 61.9 Å². The minimum atomic E-state index is -3.00. The van der Waals surface area contributed by atoms with Crippen LogP contribution >= 0.6 is 11.3 Å². The Kier molecular flexibility index (Phi) is 4.17. The molecule has 2 saturated heterocycles. The summed E-state index contributed by atoms with van der Waals surface area (Å²) in [6.45, 7) is 3.01. The summed E-state index contributed by atoms with van der Waals surface area (Å²) in [7, 11) is -3.00. The largest absolute Gasteiger partial charge is 0.346 e. The van der Waals surface area contributed by atoms with Crippen molar-refractivity contribution in [2.24, 2.45) is 5.92 Å². The van der Waals surface area contributed by atoms with Gasteiger partial charge in [-0.15, -0.1) is 11.3 Å². The molecule has 1 aromatic rings. The van der Waals surface area contributed by atoms with Gasteiger partial charge in [-0.05, 0) is 12.8 Å². The summed E-state index contributed by atoms with van der Waals surface area (Å²) >= 11 is 1.61. The van der Waals surface area contributed by atoms with Crippen molar-refractivity contribution in [3.05, 3.63) is 11.6 Å². The molecule has 116 valence electrons. The Hall–Kier alpha value is -1.15. The van der Waals surface area contributed by atoms with Gasteiger partial charge in [0.15, 0.2) is 15.0 Å². The Balaban J connectivity index is 1.61. The summed E-state index contributed by atoms with van der Waals surface area (Å²) in [6, 6.07) is 0. The van der Waals surface area contributed by atoms with Crippen molar-refractivity contribution in [3.63, 3.8) is 0 Å². The molecule has 0 radical (unpaired) electrons. The number of sulfone groups is 1. The normalized spacial score (nSPS) is 25.8. The lowest BCUT2D eigenvalue weighted by Crippen LogP contribution is -2.39. The third-order valence-electron chi connectivity index (χ3n) is 4.08. The lowest BCUT2D eigenvalue weighted by atomic mass is 10.1. The van der Waals surface area contributed by atoms with Crippen LogP contribution in [-0.2, 0) is 14.6 Å². The maximum Gasteiger partial charge on any atom is 0.226 e. The molecule has 21 heavy (non-hydrogen) atoms. The molecule has 1 unspecified atom stereocenters. The summed E-state index contributed by atoms with van der Waals surface area (Å²) < 4.78 is 23.0. The predicted molar refractivity (Wildman–Crippen MR) is 82.3 cm³/mol. The van der Waals surface area contributed by atoms with Crippen molar-refractivity contribution in [2.45, 2.75) is 12.8 Å². The van der Waals surface area contributed by atoms with Crippen molar-refractivity contribution in [1.82, 2.24) is 9.88 Å². The number of carbonyl (C=O) groups excluding carboxylic acids is 1. The maximum absolute atomic E-state index is 12.5. The van der Waals surface area contributed by atoms with E-state index in [1.807, 2.05) is 10.3 Å². The fraction of sp³-hybridized carbons (Fsp3) is 0.692. The van der Waals surface area contributed by atoms with Gasteiger partial charge in [0.05, 0.1) is 17.4 Å². The summed E-state index contributed by atoms with van der Waals surface area (Å²) in [6.07, 6.45) is 3.16. The van der Waals surface area contributed by atoms with E-state index in [9.17, 15) is 13.2 Å². The Morgan fingerprint density at radius 2 is 2.14 bits per heavy atom. The van der Waals surface area contributed by atoms with Crippen LogP contribution in [0.5, 0.6) is 0 Å². The highest BCUT2D eigenvalue weighted by Crippen LogP contribution is 2.23. The van der Waals surface area contributed by atoms with Gasteiger partial charge in [-0.25, -0.2) is 13.4 Å². The maximum atomic E-state index is 12.5. The van der Waals surface area contributed by atoms with Gasteiger partial charge in [0.2, 0.25) is 5.91 Å². The highest BCUT2D eigenvalue weighted by atomic mass is 32.2. The summed E-state index contributed by atoms with van der Waals surface area (Å²) in [5.41, 5.74) is 0. The monoisotopic (exact) mass is 329 g/mol. The highest BCUT2D eigenvalue weighted by Gasteiger charge is 2.35. The second-order valence-corrected chi connectivity index (χ2v) is 8.68. The number of carbonyl (C=O) groups is 1. The number of hydrogen-bond donors (Lipinski definition) is 0. The quantitative estimate of drug-likeness (QED) is 0.795. The molecular formula is C13H19N3O3S2. The average molecular weight is 329 g/mol. The summed E-state index contributed by atoms with van der Waals surface area (Å²) in [5.74, 6) is -0.139. The van der Waals surface area contributed by atoms with Crippen LogP contribution in [0.2, 0.25) is 0 Å². The molecule has 3 heterocycles. The summed E-state index contributed by atoms with van der Waals surface area (Å²) in [4.78, 5) is 20.8. The fourth-order valence-electron chi connectivity index (χ4n) is 2.95. The lowest BCUT2D eigenvalue weighted by Gasteiger charge is -2.24. The third-order valence-corrected chi connectivity index (χ3v) is 6.68. The molecule has 0 saturated carbocycles. The van der Waals surface area contributed by atoms with Crippen molar-refractivity contribution in [3.8, 4) is 0 Å². The molecular weight excluding hydrogens is 310 g/mol. The van der Waals surface area contributed by atoms with Gasteiger partial charge in [-0.1, -0.05) is 0 Å². The van der Waals surface area contributed by atoms with E-state index in [0.717, 1.165) is 24.6 Å². The van der Waals surface area contributed by atoms with Crippen LogP contribution in [0.15, 0.2) is 11.6 Å². The van der Waals surface area contributed by atoms with Crippen LogP contribution in [0.4, 0.5) is 5.13 Å². The number of amides is 1. The molecule has 0 bridgehead atoms. The molecule has 3 rings (SSSR count). The number of thiazole rings is 1. The zero-order valence-corrected chi connectivity index (χ0v) is 13.4. The SMILES string of the molecule is O=C(C1CCS(=O)(=O)C1)N1CCCN(c2nccs2)CC1. The summed E-state index contributed by atoms with van der Waals surface area (Å²) in [5, 5.41) is 2.94. The first kappa shape index (κ1) is 14.8. The number of hydrogen-bond acceptors (Lipinski definition) is 6. The Morgan fingerprint density at radius 1 is 1.29 bits per heavy atom. The Morgan fingerprint density at radius 3 is 2.81 bits per heavy atom. The van der Waals surface area contributed by atoms with Gasteiger partial charge in [0, 0.05) is 37.8 Å². The number of aromatic nitrogens is 1. The van der Waals surface area contributed by atoms with Crippen LogP contribution in [0.25, 0.3) is 0 Å². The molecule has 2 aliphatic heterocycles. The molecule has 6 nitrogen and oxygen atoms in total. The molecule has 2 fully saturated rings. The van der Waals surface area contributed by atoms with Crippen molar-refractivity contribution in [1.29, 1.82) is 0 Å². The van der Waals surface area contributed by atoms with E-state index in [-0.39, 0.29) is 23.3 Å². The highest BCUT2D eigenvalue weighted by molar-refractivity contribution is 7.91. The van der Waals surface area contributed by atoms with Gasteiger partial charge >= 0.3 is 0 Å². The van der Waals surface area contributed by atoms with Crippen molar-refractivity contribution < 1.29 is 13.2 Å². The average Bonchev–Trinajstić information content (AvgIpc) is 3.02. The first-order valence-electron chi connectivity index (χ1n) is 7.19. The second-order valence-electron chi connectivity index (χ2n) is 5.58. The van der Waals surface area contributed by atoms with E-state index >= 15 is 0 Å². The van der Waals surface area contributed by atoms with E-state index in [4.69, 9.17) is 0 Å². The molecule has 1 aromatic heterocycles. The zero-order chi connectivity index (χ0) is 14.9. The van der Waals surface area contributed by atoms with Crippen LogP contribution in [0.1, 0.15) is 12.8 Å². The first-order chi connectivity index (χ1) is 10.1. The Bertz CT molecular complexity index is 600. The van der Waals surface area contributed by atoms with Crippen molar-refractivity contribution >= 4 is 32.2 Å². The van der Waals surface area contributed by atoms with Gasteiger partial charge in [0.25, 0.3) is 0 Å². The molecule has 8 heteroatoms. The van der Waals surface area contributed by atoms with Crippen LogP contribution in [0, 0.1) is 5.92 Å². The smallest absolute Gasteiger partial charge is 0.226 e. The zero-order valence-electron chi connectivity index (χ0n) is 11.8. The van der Waals surface area contributed by atoms with E-state index < -0.39 is 9.84 Å². The predicted octanol–water partition coefficient (Wildman–Crippen LogP) is 0.617. The lowest BCUT2D eigenvalue weighted by molar-refractivity contribution is -0.134. The van der Waals surface area contributed by atoms with E-state index in [1.165, 1.54) is 0 Å². The molecule has 0 N–H and O–H groups in total. The molecule has 0 spiro atoms. The fourth-order valence-corrected chi connectivity index (χ4v) is 5.38. The molecule has 1 atom stereocenters. The van der Waals surface area contributed by atoms with E-state index in [2.05, 4.69) is 9.88 Å². The molecule has 0 aliphatic carbocycles. The molecule has 0 aromatic carbocycles. The third kappa shape index (κ3) is 3.37. The van der Waals surface area contributed by atoms with E-state index in [0.29, 0.717) is 19.5 Å². The van der Waals surface area contributed by atoms with Crippen LogP contribution in [0.3, 0.4) is 0 Å². The van der Waals surface area contributed by atoms with Gasteiger partial charge in [-0.2, -0.15) is 0 Å². The van der Waals surface area contributed by atoms with Gasteiger partial charge in [-0.3, -0.25) is 4.79 Å². The van der Waals surface area contributed by atoms with Crippen molar-refractivity contribution in [2.75, 3.05) is 42.6 Å². The second kappa shape index (κ2) is 5.92. The van der Waals surface area contributed by atoms with Crippen LogP contribution < -0.4 is 4.90 Å². The number of anilines is 1. The number of rotatable bonds is 2. The topological polar surface area (TPSA) is 70.6 Å². The standard InChI is InChI=1S/C13H19N3O3S2/c17-12(11-2-9-21(18,19)10-11)15-4-1-5-16(7-6-15)13-14-3-8-20-13/h3,8,11H,1-2,4-7,9-10H2.